The summed E-state index contributed by atoms with van der Waals surface area (Å²) in [7, 11) is 0. The van der Waals surface area contributed by atoms with Gasteiger partial charge in [0.05, 0.1) is 16.9 Å². The Bertz CT molecular complexity index is 595. The number of carboxylic acids is 1. The SMILES string of the molecule is CC1(C)CCCN2c3cccc(C(=O)O)c3NC(=O)C21. The van der Waals surface area contributed by atoms with Crippen LogP contribution < -0.4 is 10.2 Å². The highest BCUT2D eigenvalue weighted by atomic mass is 16.4. The molecule has 5 heteroatoms. The number of hydrogen-bond acceptors (Lipinski definition) is 3. The average Bonchev–Trinajstić information content (AvgIpc) is 2.36. The van der Waals surface area contributed by atoms with Crippen LogP contribution in [0.15, 0.2) is 18.2 Å². The molecule has 1 fully saturated rings. The summed E-state index contributed by atoms with van der Waals surface area (Å²) in [4.78, 5) is 25.8. The molecule has 5 nitrogen and oxygen atoms in total. The van der Waals surface area contributed by atoms with Crippen LogP contribution in [0.5, 0.6) is 0 Å². The largest absolute Gasteiger partial charge is 0.478 e. The van der Waals surface area contributed by atoms with Crippen LogP contribution in [0.25, 0.3) is 0 Å². The van der Waals surface area contributed by atoms with E-state index in [-0.39, 0.29) is 22.9 Å². The van der Waals surface area contributed by atoms with Gasteiger partial charge >= 0.3 is 5.97 Å². The standard InChI is InChI=1S/C15H18N2O3/c1-15(2)7-4-8-17-10-6-3-5-9(14(19)20)11(10)16-13(18)12(15)17/h3,5-6,12H,4,7-8H2,1-2H3,(H,16,18)(H,19,20). The van der Waals surface area contributed by atoms with Gasteiger partial charge in [0.2, 0.25) is 5.91 Å². The summed E-state index contributed by atoms with van der Waals surface area (Å²) >= 11 is 0. The quantitative estimate of drug-likeness (QED) is 0.824. The maximum Gasteiger partial charge on any atom is 0.337 e. The maximum absolute atomic E-state index is 12.4. The van der Waals surface area contributed by atoms with Gasteiger partial charge in [-0.1, -0.05) is 19.9 Å². The van der Waals surface area contributed by atoms with Crippen LogP contribution in [0.3, 0.4) is 0 Å². The zero-order chi connectivity index (χ0) is 14.5. The van der Waals surface area contributed by atoms with Crippen LogP contribution in [-0.2, 0) is 4.79 Å². The smallest absolute Gasteiger partial charge is 0.337 e. The third-order valence-corrected chi connectivity index (χ3v) is 4.35. The van der Waals surface area contributed by atoms with Gasteiger partial charge in [-0.25, -0.2) is 4.79 Å². The number of nitrogens with one attached hydrogen (secondary N) is 1. The molecule has 1 aromatic rings. The molecule has 1 aromatic carbocycles. The molecule has 1 unspecified atom stereocenters. The number of piperidine rings is 1. The summed E-state index contributed by atoms with van der Waals surface area (Å²) in [6.45, 7) is 4.97. The second-order valence-electron chi connectivity index (χ2n) is 6.18. The number of hydrogen-bond donors (Lipinski definition) is 2. The molecular weight excluding hydrogens is 256 g/mol. The van der Waals surface area contributed by atoms with Gasteiger partial charge in [-0.15, -0.1) is 0 Å². The number of carbonyl (C=O) groups is 2. The van der Waals surface area contributed by atoms with Crippen molar-refractivity contribution in [1.29, 1.82) is 0 Å². The van der Waals surface area contributed by atoms with Gasteiger partial charge in [-0.3, -0.25) is 4.79 Å². The zero-order valence-electron chi connectivity index (χ0n) is 11.6. The summed E-state index contributed by atoms with van der Waals surface area (Å²) in [5, 5.41) is 12.1. The number of benzene rings is 1. The Kier molecular flexibility index (Phi) is 2.74. The molecule has 2 aliphatic heterocycles. The first-order valence-corrected chi connectivity index (χ1v) is 6.85. The number of rotatable bonds is 1. The van der Waals surface area contributed by atoms with E-state index < -0.39 is 5.97 Å². The van der Waals surface area contributed by atoms with E-state index in [0.29, 0.717) is 5.69 Å². The molecule has 2 aliphatic rings. The number of amides is 1. The molecule has 20 heavy (non-hydrogen) atoms. The number of carbonyl (C=O) groups excluding carboxylic acids is 1. The highest BCUT2D eigenvalue weighted by Gasteiger charge is 2.46. The first-order valence-electron chi connectivity index (χ1n) is 6.85. The molecule has 0 aliphatic carbocycles. The van der Waals surface area contributed by atoms with Crippen molar-refractivity contribution in [3.05, 3.63) is 23.8 Å². The topological polar surface area (TPSA) is 69.6 Å². The van der Waals surface area contributed by atoms with E-state index in [2.05, 4.69) is 24.1 Å². The molecule has 106 valence electrons. The number of carboxylic acid groups (broad SMARTS) is 1. The lowest BCUT2D eigenvalue weighted by atomic mass is 9.74. The lowest BCUT2D eigenvalue weighted by molar-refractivity contribution is -0.120. The molecule has 3 rings (SSSR count). The first-order chi connectivity index (χ1) is 9.42. The summed E-state index contributed by atoms with van der Waals surface area (Å²) < 4.78 is 0. The zero-order valence-corrected chi connectivity index (χ0v) is 11.6. The van der Waals surface area contributed by atoms with Crippen LogP contribution >= 0.6 is 0 Å². The van der Waals surface area contributed by atoms with E-state index in [9.17, 15) is 14.7 Å². The fourth-order valence-electron chi connectivity index (χ4n) is 3.43. The second kappa shape index (κ2) is 4.23. The van der Waals surface area contributed by atoms with Crippen LogP contribution in [0.2, 0.25) is 0 Å². The Balaban J connectivity index is 2.14. The minimum atomic E-state index is -1.02. The van der Waals surface area contributed by atoms with Crippen molar-refractivity contribution in [2.24, 2.45) is 5.41 Å². The molecule has 0 radical (unpaired) electrons. The van der Waals surface area contributed by atoms with Crippen LogP contribution in [-0.4, -0.2) is 29.6 Å². The van der Waals surface area contributed by atoms with Crippen molar-refractivity contribution in [2.75, 3.05) is 16.8 Å². The van der Waals surface area contributed by atoms with Gasteiger partial charge in [-0.2, -0.15) is 0 Å². The first kappa shape index (κ1) is 13.0. The molecule has 1 amide bonds. The van der Waals surface area contributed by atoms with Gasteiger partial charge in [0.25, 0.3) is 0 Å². The Labute approximate surface area is 117 Å². The van der Waals surface area contributed by atoms with Crippen molar-refractivity contribution >= 4 is 23.3 Å². The molecule has 0 aromatic heterocycles. The fraction of sp³-hybridized carbons (Fsp3) is 0.467. The number of anilines is 2. The van der Waals surface area contributed by atoms with E-state index in [1.54, 1.807) is 6.07 Å². The van der Waals surface area contributed by atoms with Crippen LogP contribution in [0.4, 0.5) is 11.4 Å². The Hall–Kier alpha value is -2.04. The highest BCUT2D eigenvalue weighted by Crippen LogP contribution is 2.44. The molecule has 2 N–H and O–H groups in total. The lowest BCUT2D eigenvalue weighted by Gasteiger charge is -2.49. The predicted octanol–water partition coefficient (Wildman–Crippen LogP) is 2.33. The van der Waals surface area contributed by atoms with Crippen LogP contribution in [0.1, 0.15) is 37.0 Å². The lowest BCUT2D eigenvalue weighted by Crippen LogP contribution is -2.58. The summed E-state index contributed by atoms with van der Waals surface area (Å²) in [6, 6.07) is 4.91. The summed E-state index contributed by atoms with van der Waals surface area (Å²) in [5.74, 6) is -1.12. The number of nitrogens with zero attached hydrogens (tertiary/aromatic N) is 1. The Morgan fingerprint density at radius 2 is 2.20 bits per heavy atom. The van der Waals surface area contributed by atoms with E-state index >= 15 is 0 Å². The number of para-hydroxylation sites is 1. The average molecular weight is 274 g/mol. The fourth-order valence-corrected chi connectivity index (χ4v) is 3.43. The van der Waals surface area contributed by atoms with Crippen molar-refractivity contribution in [3.8, 4) is 0 Å². The maximum atomic E-state index is 12.4. The monoisotopic (exact) mass is 274 g/mol. The van der Waals surface area contributed by atoms with Crippen molar-refractivity contribution in [1.82, 2.24) is 0 Å². The molecule has 0 bridgehead atoms. The van der Waals surface area contributed by atoms with Gasteiger partial charge in [0.15, 0.2) is 0 Å². The molecule has 0 saturated carbocycles. The predicted molar refractivity (Wildman–Crippen MR) is 76.2 cm³/mol. The molecule has 0 spiro atoms. The van der Waals surface area contributed by atoms with Crippen molar-refractivity contribution < 1.29 is 14.7 Å². The van der Waals surface area contributed by atoms with E-state index in [1.165, 1.54) is 6.07 Å². The summed E-state index contributed by atoms with van der Waals surface area (Å²) in [6.07, 6.45) is 2.00. The normalized spacial score (nSPS) is 23.6. The Morgan fingerprint density at radius 1 is 1.45 bits per heavy atom. The van der Waals surface area contributed by atoms with Crippen LogP contribution in [0, 0.1) is 5.41 Å². The third-order valence-electron chi connectivity index (χ3n) is 4.35. The molecular formula is C15H18N2O3. The number of fused-ring (bicyclic) bond motifs is 3. The van der Waals surface area contributed by atoms with E-state index in [0.717, 1.165) is 25.1 Å². The van der Waals surface area contributed by atoms with Gasteiger partial charge < -0.3 is 15.3 Å². The van der Waals surface area contributed by atoms with Crippen molar-refractivity contribution in [2.45, 2.75) is 32.7 Å². The summed E-state index contributed by atoms with van der Waals surface area (Å²) in [5.41, 5.74) is 1.29. The van der Waals surface area contributed by atoms with Gasteiger partial charge in [0, 0.05) is 6.54 Å². The second-order valence-corrected chi connectivity index (χ2v) is 6.18. The Morgan fingerprint density at radius 3 is 2.90 bits per heavy atom. The van der Waals surface area contributed by atoms with E-state index in [4.69, 9.17) is 0 Å². The molecule has 1 atom stereocenters. The van der Waals surface area contributed by atoms with E-state index in [1.807, 2.05) is 6.07 Å². The van der Waals surface area contributed by atoms with Crippen molar-refractivity contribution in [3.63, 3.8) is 0 Å². The van der Waals surface area contributed by atoms with Gasteiger partial charge in [-0.05, 0) is 30.4 Å². The molecule has 2 heterocycles. The third kappa shape index (κ3) is 1.77. The minimum Gasteiger partial charge on any atom is -0.478 e. The molecule has 1 saturated heterocycles. The van der Waals surface area contributed by atoms with Gasteiger partial charge in [0.1, 0.15) is 6.04 Å². The number of aromatic carboxylic acids is 1. The highest BCUT2D eigenvalue weighted by molar-refractivity contribution is 6.10. The minimum absolute atomic E-state index is 0.101.